The standard InChI is InChI=1S/C15H16F3NO4/c1-2-3-4-11(14(22)23)19-13(21)12(20)9-5-7-10(8-6-9)15(16,17)18/h2,5-8,11-12,20H,1,3-4H2,(H,19,21)(H,22,23)/t11-,12-/m1/s1. The number of benzene rings is 1. The van der Waals surface area contributed by atoms with E-state index in [0.717, 1.165) is 24.3 Å². The van der Waals surface area contributed by atoms with E-state index in [-0.39, 0.29) is 12.0 Å². The summed E-state index contributed by atoms with van der Waals surface area (Å²) in [5.74, 6) is -2.28. The lowest BCUT2D eigenvalue weighted by molar-refractivity contribution is -0.143. The SMILES string of the molecule is C=CCC[C@@H](NC(=O)[C@H](O)c1ccc(C(F)(F)F)cc1)C(=O)O. The van der Waals surface area contributed by atoms with Gasteiger partial charge in [0.2, 0.25) is 0 Å². The van der Waals surface area contributed by atoms with Crippen molar-refractivity contribution in [3.05, 3.63) is 48.0 Å². The molecule has 1 rings (SSSR count). The third-order valence-corrected chi connectivity index (χ3v) is 3.08. The van der Waals surface area contributed by atoms with Crippen molar-refractivity contribution in [1.82, 2.24) is 5.32 Å². The molecule has 0 aliphatic carbocycles. The summed E-state index contributed by atoms with van der Waals surface area (Å²) in [6, 6.07) is 2.18. The average Bonchev–Trinajstić information content (AvgIpc) is 2.49. The number of aliphatic carboxylic acids is 1. The van der Waals surface area contributed by atoms with Crippen LogP contribution in [0.5, 0.6) is 0 Å². The van der Waals surface area contributed by atoms with E-state index in [1.807, 2.05) is 0 Å². The van der Waals surface area contributed by atoms with Gasteiger partial charge in [-0.1, -0.05) is 18.2 Å². The summed E-state index contributed by atoms with van der Waals surface area (Å²) in [4.78, 5) is 22.8. The normalized spacial score (nSPS) is 13.9. The molecule has 0 fully saturated rings. The van der Waals surface area contributed by atoms with Gasteiger partial charge in [-0.3, -0.25) is 4.79 Å². The molecule has 2 atom stereocenters. The lowest BCUT2D eigenvalue weighted by Gasteiger charge is -2.17. The summed E-state index contributed by atoms with van der Waals surface area (Å²) in [6.45, 7) is 3.43. The molecule has 0 saturated carbocycles. The number of aliphatic hydroxyl groups is 1. The second-order valence-electron chi connectivity index (χ2n) is 4.79. The molecule has 23 heavy (non-hydrogen) atoms. The first-order valence-corrected chi connectivity index (χ1v) is 6.66. The summed E-state index contributed by atoms with van der Waals surface area (Å²) >= 11 is 0. The van der Waals surface area contributed by atoms with E-state index in [2.05, 4.69) is 11.9 Å². The highest BCUT2D eigenvalue weighted by Crippen LogP contribution is 2.29. The van der Waals surface area contributed by atoms with E-state index < -0.39 is 35.8 Å². The van der Waals surface area contributed by atoms with Crippen molar-refractivity contribution in [2.24, 2.45) is 0 Å². The minimum Gasteiger partial charge on any atom is -0.480 e. The number of carboxylic acid groups (broad SMARTS) is 1. The van der Waals surface area contributed by atoms with Crippen molar-refractivity contribution >= 4 is 11.9 Å². The quantitative estimate of drug-likeness (QED) is 0.669. The molecule has 0 heterocycles. The van der Waals surface area contributed by atoms with Crippen LogP contribution in [0.2, 0.25) is 0 Å². The highest BCUT2D eigenvalue weighted by molar-refractivity contribution is 5.86. The van der Waals surface area contributed by atoms with Gasteiger partial charge in [-0.15, -0.1) is 6.58 Å². The predicted octanol–water partition coefficient (Wildman–Crippen LogP) is 2.27. The summed E-state index contributed by atoms with van der Waals surface area (Å²) in [5, 5.41) is 20.9. The second kappa shape index (κ2) is 7.77. The fraction of sp³-hybridized carbons (Fsp3) is 0.333. The van der Waals surface area contributed by atoms with E-state index in [0.29, 0.717) is 6.42 Å². The van der Waals surface area contributed by atoms with Gasteiger partial charge in [0, 0.05) is 0 Å². The maximum atomic E-state index is 12.4. The highest BCUT2D eigenvalue weighted by atomic mass is 19.4. The number of nitrogens with one attached hydrogen (secondary N) is 1. The Morgan fingerprint density at radius 2 is 1.83 bits per heavy atom. The minimum absolute atomic E-state index is 0.0663. The summed E-state index contributed by atoms with van der Waals surface area (Å²) in [6.07, 6.45) is -4.38. The first kappa shape index (κ1) is 18.7. The third-order valence-electron chi connectivity index (χ3n) is 3.08. The molecule has 0 saturated heterocycles. The highest BCUT2D eigenvalue weighted by Gasteiger charge is 2.31. The van der Waals surface area contributed by atoms with E-state index in [1.165, 1.54) is 6.08 Å². The monoisotopic (exact) mass is 331 g/mol. The van der Waals surface area contributed by atoms with Gasteiger partial charge >= 0.3 is 12.1 Å². The zero-order valence-electron chi connectivity index (χ0n) is 12.0. The third kappa shape index (κ3) is 5.41. The molecule has 3 N–H and O–H groups in total. The van der Waals surface area contributed by atoms with Crippen LogP contribution in [0.25, 0.3) is 0 Å². The van der Waals surface area contributed by atoms with Gasteiger partial charge < -0.3 is 15.5 Å². The van der Waals surface area contributed by atoms with Gasteiger partial charge in [0.1, 0.15) is 6.04 Å². The zero-order chi connectivity index (χ0) is 17.6. The van der Waals surface area contributed by atoms with Crippen LogP contribution in [0.1, 0.15) is 30.1 Å². The molecule has 0 unspecified atom stereocenters. The molecule has 126 valence electrons. The molecular formula is C15H16F3NO4. The van der Waals surface area contributed by atoms with Gasteiger partial charge in [-0.2, -0.15) is 13.2 Å². The predicted molar refractivity (Wildman–Crippen MR) is 75.4 cm³/mol. The molecule has 8 heteroatoms. The maximum absolute atomic E-state index is 12.4. The number of carboxylic acids is 1. The van der Waals surface area contributed by atoms with Crippen molar-refractivity contribution in [2.75, 3.05) is 0 Å². The summed E-state index contributed by atoms with van der Waals surface area (Å²) < 4.78 is 37.3. The van der Waals surface area contributed by atoms with Gasteiger partial charge in [-0.25, -0.2) is 4.79 Å². The molecular weight excluding hydrogens is 315 g/mol. The number of carbonyl (C=O) groups excluding carboxylic acids is 1. The number of hydrogen-bond donors (Lipinski definition) is 3. The Kier molecular flexibility index (Phi) is 6.32. The number of halogens is 3. The second-order valence-corrected chi connectivity index (χ2v) is 4.79. The fourth-order valence-electron chi connectivity index (χ4n) is 1.80. The number of rotatable bonds is 7. The Morgan fingerprint density at radius 1 is 1.26 bits per heavy atom. The van der Waals surface area contributed by atoms with Crippen LogP contribution in [-0.4, -0.2) is 28.1 Å². The van der Waals surface area contributed by atoms with Crippen molar-refractivity contribution in [1.29, 1.82) is 0 Å². The van der Waals surface area contributed by atoms with Crippen LogP contribution >= 0.6 is 0 Å². The van der Waals surface area contributed by atoms with Gasteiger partial charge in [0.25, 0.3) is 5.91 Å². The van der Waals surface area contributed by atoms with Crippen LogP contribution in [0, 0.1) is 0 Å². The van der Waals surface area contributed by atoms with Crippen LogP contribution in [0.3, 0.4) is 0 Å². The van der Waals surface area contributed by atoms with Gasteiger partial charge in [-0.05, 0) is 30.5 Å². The summed E-state index contributed by atoms with van der Waals surface area (Å²) in [7, 11) is 0. The Balaban J connectivity index is 2.79. The minimum atomic E-state index is -4.52. The number of carbonyl (C=O) groups is 2. The number of aliphatic hydroxyl groups excluding tert-OH is 1. The lowest BCUT2D eigenvalue weighted by Crippen LogP contribution is -2.43. The van der Waals surface area contributed by atoms with Crippen LogP contribution in [0.4, 0.5) is 13.2 Å². The van der Waals surface area contributed by atoms with E-state index in [1.54, 1.807) is 0 Å². The first-order chi connectivity index (χ1) is 10.7. The van der Waals surface area contributed by atoms with Crippen molar-refractivity contribution in [3.63, 3.8) is 0 Å². The van der Waals surface area contributed by atoms with E-state index in [4.69, 9.17) is 5.11 Å². The number of alkyl halides is 3. The van der Waals surface area contributed by atoms with Gasteiger partial charge in [0.15, 0.2) is 6.10 Å². The molecule has 0 aliphatic rings. The first-order valence-electron chi connectivity index (χ1n) is 6.66. The molecule has 1 amide bonds. The summed E-state index contributed by atoms with van der Waals surface area (Å²) in [5.41, 5.74) is -0.980. The van der Waals surface area contributed by atoms with Gasteiger partial charge in [0.05, 0.1) is 5.56 Å². The number of amides is 1. The Hall–Kier alpha value is -2.35. The topological polar surface area (TPSA) is 86.6 Å². The molecule has 1 aromatic carbocycles. The zero-order valence-corrected chi connectivity index (χ0v) is 12.0. The smallest absolute Gasteiger partial charge is 0.416 e. The number of hydrogen-bond acceptors (Lipinski definition) is 3. The van der Waals surface area contributed by atoms with E-state index in [9.17, 15) is 27.9 Å². The average molecular weight is 331 g/mol. The van der Waals surface area contributed by atoms with Crippen molar-refractivity contribution < 1.29 is 33.0 Å². The fourth-order valence-corrected chi connectivity index (χ4v) is 1.80. The molecule has 5 nitrogen and oxygen atoms in total. The van der Waals surface area contributed by atoms with Crippen molar-refractivity contribution in [2.45, 2.75) is 31.2 Å². The van der Waals surface area contributed by atoms with Crippen LogP contribution < -0.4 is 5.32 Å². The Labute approximate surface area is 130 Å². The molecule has 0 radical (unpaired) electrons. The number of allylic oxidation sites excluding steroid dienone is 1. The van der Waals surface area contributed by atoms with Crippen molar-refractivity contribution in [3.8, 4) is 0 Å². The molecule has 0 aromatic heterocycles. The van der Waals surface area contributed by atoms with E-state index >= 15 is 0 Å². The maximum Gasteiger partial charge on any atom is 0.416 e. The van der Waals surface area contributed by atoms with Crippen LogP contribution in [-0.2, 0) is 15.8 Å². The molecule has 1 aromatic rings. The van der Waals surface area contributed by atoms with Crippen LogP contribution in [0.15, 0.2) is 36.9 Å². The molecule has 0 bridgehead atoms. The lowest BCUT2D eigenvalue weighted by atomic mass is 10.1. The molecule has 0 aliphatic heterocycles. The Bertz CT molecular complexity index is 569. The molecule has 0 spiro atoms. The largest absolute Gasteiger partial charge is 0.480 e. The Morgan fingerprint density at radius 3 is 2.26 bits per heavy atom.